The van der Waals surface area contributed by atoms with Gasteiger partial charge in [0.2, 0.25) is 0 Å². The van der Waals surface area contributed by atoms with Crippen LogP contribution in [0.2, 0.25) is 0 Å². The van der Waals surface area contributed by atoms with E-state index in [9.17, 15) is 0 Å². The van der Waals surface area contributed by atoms with Crippen molar-refractivity contribution in [2.45, 2.75) is 26.3 Å². The van der Waals surface area contributed by atoms with Crippen molar-refractivity contribution in [1.82, 2.24) is 10.2 Å². The van der Waals surface area contributed by atoms with Crippen molar-refractivity contribution in [2.24, 2.45) is 0 Å². The Labute approximate surface area is 87.9 Å². The van der Waals surface area contributed by atoms with Gasteiger partial charge in [-0.2, -0.15) is 0 Å². The Morgan fingerprint density at radius 3 is 2.17 bits per heavy atom. The number of piperazine rings is 1. The first kappa shape index (κ1) is 15.0. The van der Waals surface area contributed by atoms with E-state index >= 15 is 0 Å². The second-order valence-electron chi connectivity index (χ2n) is 3.04. The molecule has 1 rings (SSSR count). The molecule has 0 radical (unpaired) electrons. The second kappa shape index (κ2) is 8.11. The molecule has 0 aliphatic carbocycles. The van der Waals surface area contributed by atoms with Crippen molar-refractivity contribution in [2.75, 3.05) is 26.2 Å². The van der Waals surface area contributed by atoms with Gasteiger partial charge in [-0.3, -0.25) is 4.90 Å². The summed E-state index contributed by atoms with van der Waals surface area (Å²) in [6.07, 6.45) is 1.28. The molecule has 76 valence electrons. The Morgan fingerprint density at radius 1 is 1.25 bits per heavy atom. The Kier molecular flexibility index (Phi) is 10.1. The summed E-state index contributed by atoms with van der Waals surface area (Å²) in [5, 5.41) is 3.35. The van der Waals surface area contributed by atoms with Gasteiger partial charge < -0.3 is 5.32 Å². The molecule has 1 aliphatic heterocycles. The van der Waals surface area contributed by atoms with Gasteiger partial charge in [-0.05, 0) is 13.3 Å². The molecule has 0 aromatic rings. The van der Waals surface area contributed by atoms with Crippen molar-refractivity contribution >= 4 is 24.8 Å². The molecule has 1 fully saturated rings. The van der Waals surface area contributed by atoms with Crippen LogP contribution in [0.5, 0.6) is 0 Å². The van der Waals surface area contributed by atoms with Gasteiger partial charge in [0.05, 0.1) is 0 Å². The first-order valence-corrected chi connectivity index (χ1v) is 4.29. The maximum Gasteiger partial charge on any atom is 0.0110 e. The minimum atomic E-state index is 0. The molecule has 0 bridgehead atoms. The fourth-order valence-corrected chi connectivity index (χ4v) is 1.38. The average Bonchev–Trinajstić information content (AvgIpc) is 2.05. The molecule has 1 saturated heterocycles. The van der Waals surface area contributed by atoms with Crippen LogP contribution in [0.4, 0.5) is 0 Å². The third kappa shape index (κ3) is 4.51. The highest BCUT2D eigenvalue weighted by atomic mass is 35.5. The fourth-order valence-electron chi connectivity index (χ4n) is 1.38. The number of nitrogens with zero attached hydrogens (tertiary/aromatic N) is 1. The van der Waals surface area contributed by atoms with E-state index in [1.807, 2.05) is 0 Å². The molecule has 1 heterocycles. The van der Waals surface area contributed by atoms with Crippen molar-refractivity contribution in [3.05, 3.63) is 0 Å². The van der Waals surface area contributed by atoms with Gasteiger partial charge in [0.25, 0.3) is 0 Å². The summed E-state index contributed by atoms with van der Waals surface area (Å²) >= 11 is 0. The Hall–Kier alpha value is 0.500. The quantitative estimate of drug-likeness (QED) is 0.751. The second-order valence-corrected chi connectivity index (χ2v) is 3.04. The molecule has 1 atom stereocenters. The lowest BCUT2D eigenvalue weighted by Gasteiger charge is -2.32. The molecule has 0 spiro atoms. The number of nitrogens with one attached hydrogen (secondary N) is 1. The number of halogens is 2. The maximum atomic E-state index is 3.35. The lowest BCUT2D eigenvalue weighted by atomic mass is 10.2. The standard InChI is InChI=1S/C8H18N2.2ClH/c1-3-8(2)10-6-4-9-5-7-10;;/h8-9H,3-7H2,1-2H3;2*1H. The van der Waals surface area contributed by atoms with E-state index in [2.05, 4.69) is 24.1 Å². The Morgan fingerprint density at radius 2 is 1.75 bits per heavy atom. The molecule has 1 unspecified atom stereocenters. The van der Waals surface area contributed by atoms with Gasteiger partial charge in [0.15, 0.2) is 0 Å². The number of rotatable bonds is 2. The van der Waals surface area contributed by atoms with Gasteiger partial charge in [-0.1, -0.05) is 6.92 Å². The van der Waals surface area contributed by atoms with E-state index in [1.165, 1.54) is 32.6 Å². The highest BCUT2D eigenvalue weighted by Gasteiger charge is 2.13. The summed E-state index contributed by atoms with van der Waals surface area (Å²) in [4.78, 5) is 2.55. The Bertz CT molecular complexity index is 95.1. The van der Waals surface area contributed by atoms with Crippen molar-refractivity contribution in [1.29, 1.82) is 0 Å². The summed E-state index contributed by atoms with van der Waals surface area (Å²) < 4.78 is 0. The molecule has 0 amide bonds. The van der Waals surface area contributed by atoms with Crippen LogP contribution in [0.15, 0.2) is 0 Å². The van der Waals surface area contributed by atoms with E-state index < -0.39 is 0 Å². The molecule has 12 heavy (non-hydrogen) atoms. The predicted octanol–water partition coefficient (Wildman–Crippen LogP) is 1.53. The van der Waals surface area contributed by atoms with E-state index in [-0.39, 0.29) is 24.8 Å². The van der Waals surface area contributed by atoms with Crippen LogP contribution in [0.1, 0.15) is 20.3 Å². The van der Waals surface area contributed by atoms with E-state index in [4.69, 9.17) is 0 Å². The number of hydrogen-bond donors (Lipinski definition) is 1. The Balaban J connectivity index is 0. The third-order valence-electron chi connectivity index (χ3n) is 2.37. The largest absolute Gasteiger partial charge is 0.314 e. The summed E-state index contributed by atoms with van der Waals surface area (Å²) in [5.41, 5.74) is 0. The van der Waals surface area contributed by atoms with Gasteiger partial charge in [0, 0.05) is 32.2 Å². The normalized spacial score (nSPS) is 20.5. The molecule has 0 aromatic heterocycles. The average molecular weight is 215 g/mol. The summed E-state index contributed by atoms with van der Waals surface area (Å²) in [6, 6.07) is 0.780. The summed E-state index contributed by atoms with van der Waals surface area (Å²) in [5.74, 6) is 0. The zero-order valence-corrected chi connectivity index (χ0v) is 9.51. The van der Waals surface area contributed by atoms with Gasteiger partial charge in [-0.15, -0.1) is 24.8 Å². The molecule has 4 heteroatoms. The van der Waals surface area contributed by atoms with Crippen LogP contribution in [0, 0.1) is 0 Å². The fraction of sp³-hybridized carbons (Fsp3) is 1.00. The zero-order valence-electron chi connectivity index (χ0n) is 7.88. The lowest BCUT2D eigenvalue weighted by molar-refractivity contribution is 0.180. The van der Waals surface area contributed by atoms with E-state index in [0.717, 1.165) is 6.04 Å². The van der Waals surface area contributed by atoms with E-state index in [0.29, 0.717) is 0 Å². The molecule has 1 N–H and O–H groups in total. The highest BCUT2D eigenvalue weighted by Crippen LogP contribution is 2.03. The van der Waals surface area contributed by atoms with Crippen LogP contribution >= 0.6 is 24.8 Å². The topological polar surface area (TPSA) is 15.3 Å². The van der Waals surface area contributed by atoms with Crippen LogP contribution in [-0.4, -0.2) is 37.1 Å². The van der Waals surface area contributed by atoms with Gasteiger partial charge in [0.1, 0.15) is 0 Å². The van der Waals surface area contributed by atoms with Crippen LogP contribution in [0.3, 0.4) is 0 Å². The predicted molar refractivity (Wildman–Crippen MR) is 58.7 cm³/mol. The minimum Gasteiger partial charge on any atom is -0.314 e. The van der Waals surface area contributed by atoms with Crippen LogP contribution < -0.4 is 5.32 Å². The van der Waals surface area contributed by atoms with E-state index in [1.54, 1.807) is 0 Å². The molecule has 0 aromatic carbocycles. The molecule has 0 saturated carbocycles. The molecule has 1 aliphatic rings. The van der Waals surface area contributed by atoms with Gasteiger partial charge in [-0.25, -0.2) is 0 Å². The zero-order chi connectivity index (χ0) is 7.40. The summed E-state index contributed by atoms with van der Waals surface area (Å²) in [6.45, 7) is 9.37. The van der Waals surface area contributed by atoms with Crippen molar-refractivity contribution in [3.63, 3.8) is 0 Å². The SMILES string of the molecule is CCC(C)N1CCNCC1.Cl.Cl. The monoisotopic (exact) mass is 214 g/mol. The molecular weight excluding hydrogens is 195 g/mol. The van der Waals surface area contributed by atoms with Crippen molar-refractivity contribution < 1.29 is 0 Å². The summed E-state index contributed by atoms with van der Waals surface area (Å²) in [7, 11) is 0. The first-order chi connectivity index (χ1) is 4.84. The van der Waals surface area contributed by atoms with Gasteiger partial charge >= 0.3 is 0 Å². The minimum absolute atomic E-state index is 0. The highest BCUT2D eigenvalue weighted by molar-refractivity contribution is 5.85. The van der Waals surface area contributed by atoms with Crippen LogP contribution in [0.25, 0.3) is 0 Å². The molecule has 2 nitrogen and oxygen atoms in total. The molecular formula is C8H20Cl2N2. The van der Waals surface area contributed by atoms with Crippen molar-refractivity contribution in [3.8, 4) is 0 Å². The lowest BCUT2D eigenvalue weighted by Crippen LogP contribution is -2.47. The number of hydrogen-bond acceptors (Lipinski definition) is 2. The third-order valence-corrected chi connectivity index (χ3v) is 2.37. The first-order valence-electron chi connectivity index (χ1n) is 4.29. The maximum absolute atomic E-state index is 3.35. The van der Waals surface area contributed by atoms with Crippen LogP contribution in [-0.2, 0) is 0 Å². The smallest absolute Gasteiger partial charge is 0.0110 e.